The third kappa shape index (κ3) is 4.14. The van der Waals surface area contributed by atoms with E-state index in [0.29, 0.717) is 0 Å². The van der Waals surface area contributed by atoms with Crippen LogP contribution in [0.25, 0.3) is 0 Å². The normalized spacial score (nSPS) is 9.08. The van der Waals surface area contributed by atoms with Gasteiger partial charge in [0.1, 0.15) is 0 Å². The number of aryl methyl sites for hydroxylation is 1. The van der Waals surface area contributed by atoms with E-state index >= 15 is 0 Å². The number of unbranched alkanes of at least 4 members (excludes halogenated alkanes) is 2. The summed E-state index contributed by atoms with van der Waals surface area (Å²) in [6.45, 7) is 2.24. The van der Waals surface area contributed by atoms with Gasteiger partial charge in [0.05, 0.1) is 0 Å². The molecule has 0 saturated carbocycles. The monoisotopic (exact) mass is 165 g/mol. The number of hydrogen-bond acceptors (Lipinski definition) is 1. The lowest BCUT2D eigenvalue weighted by molar-refractivity contribution is 0.717. The van der Waals surface area contributed by atoms with Gasteiger partial charge in [-0.1, -0.05) is 50.1 Å². The number of hydrogen-bond donors (Lipinski definition) is 1. The third-order valence-corrected chi connectivity index (χ3v) is 1.91. The molecule has 1 rings (SSSR count). The largest absolute Gasteiger partial charge is 0.344 e. The SMILES string of the molecule is CCCCCc1ccccc1.N. The molecule has 0 saturated heterocycles. The Morgan fingerprint density at radius 1 is 1.00 bits per heavy atom. The van der Waals surface area contributed by atoms with Crippen molar-refractivity contribution in [2.45, 2.75) is 32.6 Å². The minimum absolute atomic E-state index is 0. The zero-order valence-electron chi connectivity index (χ0n) is 7.92. The first-order valence-corrected chi connectivity index (χ1v) is 4.47. The molecule has 0 aliphatic carbocycles. The van der Waals surface area contributed by atoms with E-state index in [-0.39, 0.29) is 6.15 Å². The van der Waals surface area contributed by atoms with Crippen LogP contribution < -0.4 is 6.15 Å². The van der Waals surface area contributed by atoms with Crippen molar-refractivity contribution in [3.8, 4) is 0 Å². The highest BCUT2D eigenvalue weighted by atomic mass is 14.0. The van der Waals surface area contributed by atoms with Gasteiger partial charge in [0.2, 0.25) is 0 Å². The molecular formula is C11H19N. The Morgan fingerprint density at radius 2 is 1.67 bits per heavy atom. The van der Waals surface area contributed by atoms with Crippen LogP contribution in [0.3, 0.4) is 0 Å². The van der Waals surface area contributed by atoms with Gasteiger partial charge in [0.15, 0.2) is 0 Å². The van der Waals surface area contributed by atoms with Crippen molar-refractivity contribution in [2.24, 2.45) is 0 Å². The van der Waals surface area contributed by atoms with Crippen molar-refractivity contribution in [1.82, 2.24) is 6.15 Å². The first-order valence-electron chi connectivity index (χ1n) is 4.47. The summed E-state index contributed by atoms with van der Waals surface area (Å²) >= 11 is 0. The maximum atomic E-state index is 2.24. The van der Waals surface area contributed by atoms with E-state index in [0.717, 1.165) is 0 Å². The molecule has 0 atom stereocenters. The second kappa shape index (κ2) is 6.86. The Bertz CT molecular complexity index is 181. The summed E-state index contributed by atoms with van der Waals surface area (Å²) in [6, 6.07) is 10.7. The molecule has 1 aromatic rings. The van der Waals surface area contributed by atoms with Crippen molar-refractivity contribution in [2.75, 3.05) is 0 Å². The van der Waals surface area contributed by atoms with Crippen molar-refractivity contribution in [3.05, 3.63) is 35.9 Å². The van der Waals surface area contributed by atoms with Crippen molar-refractivity contribution in [1.29, 1.82) is 0 Å². The fraction of sp³-hybridized carbons (Fsp3) is 0.455. The minimum Gasteiger partial charge on any atom is -0.344 e. The van der Waals surface area contributed by atoms with Gasteiger partial charge >= 0.3 is 0 Å². The second-order valence-corrected chi connectivity index (χ2v) is 2.94. The zero-order valence-corrected chi connectivity index (χ0v) is 7.92. The first-order chi connectivity index (χ1) is 5.43. The molecule has 3 N–H and O–H groups in total. The van der Waals surface area contributed by atoms with E-state index in [2.05, 4.69) is 37.3 Å². The lowest BCUT2D eigenvalue weighted by Crippen LogP contribution is -1.83. The van der Waals surface area contributed by atoms with Crippen LogP contribution in [0.2, 0.25) is 0 Å². The summed E-state index contributed by atoms with van der Waals surface area (Å²) in [4.78, 5) is 0. The van der Waals surface area contributed by atoms with Crippen molar-refractivity contribution >= 4 is 0 Å². The Hall–Kier alpha value is -0.820. The van der Waals surface area contributed by atoms with E-state index < -0.39 is 0 Å². The van der Waals surface area contributed by atoms with E-state index in [1.165, 1.54) is 31.2 Å². The van der Waals surface area contributed by atoms with E-state index in [1.807, 2.05) is 0 Å². The lowest BCUT2D eigenvalue weighted by Gasteiger charge is -1.98. The highest BCUT2D eigenvalue weighted by Crippen LogP contribution is 2.05. The van der Waals surface area contributed by atoms with Gasteiger partial charge in [-0.2, -0.15) is 0 Å². The van der Waals surface area contributed by atoms with Crippen LogP contribution in [-0.2, 0) is 6.42 Å². The summed E-state index contributed by atoms with van der Waals surface area (Å²) in [7, 11) is 0. The Balaban J connectivity index is 0.00000121. The average Bonchev–Trinajstić information content (AvgIpc) is 2.07. The molecule has 0 aliphatic heterocycles. The van der Waals surface area contributed by atoms with E-state index in [1.54, 1.807) is 0 Å². The van der Waals surface area contributed by atoms with Crippen LogP contribution in [0.1, 0.15) is 31.7 Å². The van der Waals surface area contributed by atoms with Crippen LogP contribution >= 0.6 is 0 Å². The Kier molecular flexibility index (Phi) is 6.39. The van der Waals surface area contributed by atoms with Gasteiger partial charge in [0, 0.05) is 0 Å². The standard InChI is InChI=1S/C11H16.H3N/c1-2-3-5-8-11-9-6-4-7-10-11;/h4,6-7,9-10H,2-3,5,8H2,1H3;1H3. The maximum Gasteiger partial charge on any atom is -0.0279 e. The van der Waals surface area contributed by atoms with E-state index in [9.17, 15) is 0 Å². The maximum absolute atomic E-state index is 2.24. The molecule has 0 bridgehead atoms. The van der Waals surface area contributed by atoms with Crippen LogP contribution in [0.4, 0.5) is 0 Å². The lowest BCUT2D eigenvalue weighted by atomic mass is 10.1. The molecule has 0 spiro atoms. The topological polar surface area (TPSA) is 35.0 Å². The Morgan fingerprint density at radius 3 is 2.25 bits per heavy atom. The van der Waals surface area contributed by atoms with Gasteiger partial charge in [-0.05, 0) is 18.4 Å². The van der Waals surface area contributed by atoms with Crippen LogP contribution in [0.15, 0.2) is 30.3 Å². The van der Waals surface area contributed by atoms with Gasteiger partial charge in [-0.25, -0.2) is 0 Å². The fourth-order valence-corrected chi connectivity index (χ4v) is 1.22. The predicted octanol–water partition coefficient (Wildman–Crippen LogP) is 3.58. The predicted molar refractivity (Wildman–Crippen MR) is 54.7 cm³/mol. The molecule has 0 aromatic heterocycles. The molecule has 0 unspecified atom stereocenters. The van der Waals surface area contributed by atoms with Gasteiger partial charge in [-0.3, -0.25) is 0 Å². The summed E-state index contributed by atoms with van der Waals surface area (Å²) in [6.07, 6.45) is 5.25. The molecule has 0 aliphatic rings. The highest BCUT2D eigenvalue weighted by molar-refractivity contribution is 5.14. The molecule has 0 heterocycles. The van der Waals surface area contributed by atoms with Crippen LogP contribution in [0, 0.1) is 0 Å². The van der Waals surface area contributed by atoms with E-state index in [4.69, 9.17) is 0 Å². The summed E-state index contributed by atoms with van der Waals surface area (Å²) in [5, 5.41) is 0. The van der Waals surface area contributed by atoms with Crippen molar-refractivity contribution < 1.29 is 0 Å². The molecular weight excluding hydrogens is 146 g/mol. The first kappa shape index (κ1) is 11.2. The quantitative estimate of drug-likeness (QED) is 0.680. The average molecular weight is 165 g/mol. The van der Waals surface area contributed by atoms with Gasteiger partial charge < -0.3 is 6.15 Å². The third-order valence-electron chi connectivity index (χ3n) is 1.91. The smallest absolute Gasteiger partial charge is 0.0279 e. The highest BCUT2D eigenvalue weighted by Gasteiger charge is 1.89. The molecule has 0 fully saturated rings. The molecule has 1 nitrogen and oxygen atoms in total. The second-order valence-electron chi connectivity index (χ2n) is 2.94. The Labute approximate surface area is 75.4 Å². The van der Waals surface area contributed by atoms with Crippen LogP contribution in [-0.4, -0.2) is 0 Å². The molecule has 12 heavy (non-hydrogen) atoms. The number of benzene rings is 1. The molecule has 1 aromatic carbocycles. The van der Waals surface area contributed by atoms with Gasteiger partial charge in [-0.15, -0.1) is 0 Å². The van der Waals surface area contributed by atoms with Crippen LogP contribution in [0.5, 0.6) is 0 Å². The number of rotatable bonds is 4. The summed E-state index contributed by atoms with van der Waals surface area (Å²) in [5.74, 6) is 0. The molecule has 0 amide bonds. The molecule has 68 valence electrons. The zero-order chi connectivity index (χ0) is 7.94. The summed E-state index contributed by atoms with van der Waals surface area (Å²) in [5.41, 5.74) is 1.47. The summed E-state index contributed by atoms with van der Waals surface area (Å²) < 4.78 is 0. The molecule has 1 heteroatoms. The van der Waals surface area contributed by atoms with Gasteiger partial charge in [0.25, 0.3) is 0 Å². The minimum atomic E-state index is 0. The van der Waals surface area contributed by atoms with Crippen molar-refractivity contribution in [3.63, 3.8) is 0 Å². The molecule has 0 radical (unpaired) electrons. The fourth-order valence-electron chi connectivity index (χ4n) is 1.22.